The van der Waals surface area contributed by atoms with Crippen molar-refractivity contribution in [2.24, 2.45) is 0 Å². The Bertz CT molecular complexity index is 233. The lowest BCUT2D eigenvalue weighted by atomic mass is 10.0. The predicted octanol–water partition coefficient (Wildman–Crippen LogP) is 2.40. The van der Waals surface area contributed by atoms with Crippen LogP contribution in [0.4, 0.5) is 0 Å². The van der Waals surface area contributed by atoms with E-state index in [9.17, 15) is 0 Å². The number of nitrogens with one attached hydrogen (secondary N) is 1. The zero-order valence-electron chi connectivity index (χ0n) is 9.16. The van der Waals surface area contributed by atoms with Crippen LogP contribution in [-0.4, -0.2) is 18.1 Å². The van der Waals surface area contributed by atoms with Crippen molar-refractivity contribution in [3.8, 4) is 0 Å². The monoisotopic (exact) mass is 192 g/mol. The summed E-state index contributed by atoms with van der Waals surface area (Å²) in [6.45, 7) is 2.23. The fourth-order valence-electron chi connectivity index (χ4n) is 1.57. The van der Waals surface area contributed by atoms with Crippen LogP contribution in [-0.2, 0) is 6.42 Å². The highest BCUT2D eigenvalue weighted by Gasteiger charge is 2.06. The second-order valence-corrected chi connectivity index (χ2v) is 3.65. The van der Waals surface area contributed by atoms with Crippen LogP contribution in [0.5, 0.6) is 0 Å². The first-order chi connectivity index (χ1) is 6.86. The van der Waals surface area contributed by atoms with Gasteiger partial charge < -0.3 is 5.32 Å². The van der Waals surface area contributed by atoms with Gasteiger partial charge in [0.1, 0.15) is 0 Å². The summed E-state index contributed by atoms with van der Waals surface area (Å²) in [4.78, 5) is 4.33. The molecule has 1 unspecified atom stereocenters. The van der Waals surface area contributed by atoms with Gasteiger partial charge in [0.2, 0.25) is 0 Å². The first kappa shape index (κ1) is 11.2. The second-order valence-electron chi connectivity index (χ2n) is 3.65. The summed E-state index contributed by atoms with van der Waals surface area (Å²) in [6.07, 6.45) is 6.70. The molecule has 0 saturated heterocycles. The summed E-state index contributed by atoms with van der Waals surface area (Å²) in [6, 6.07) is 6.68. The van der Waals surface area contributed by atoms with Gasteiger partial charge in [0.05, 0.1) is 0 Å². The number of unbranched alkanes of at least 4 members (excludes halogenated alkanes) is 1. The van der Waals surface area contributed by atoms with E-state index in [4.69, 9.17) is 0 Å². The van der Waals surface area contributed by atoms with E-state index in [1.54, 1.807) is 0 Å². The average Bonchev–Trinajstić information content (AvgIpc) is 2.25. The van der Waals surface area contributed by atoms with Crippen molar-refractivity contribution >= 4 is 0 Å². The molecular weight excluding hydrogens is 172 g/mol. The topological polar surface area (TPSA) is 24.9 Å². The Morgan fingerprint density at radius 1 is 1.43 bits per heavy atom. The highest BCUT2D eigenvalue weighted by Crippen LogP contribution is 2.06. The molecule has 0 fully saturated rings. The van der Waals surface area contributed by atoms with Crippen LogP contribution in [0, 0.1) is 0 Å². The van der Waals surface area contributed by atoms with Crippen LogP contribution in [0.2, 0.25) is 0 Å². The van der Waals surface area contributed by atoms with Gasteiger partial charge in [-0.05, 0) is 25.6 Å². The standard InChI is InChI=1S/C12H20N2/c1-3-4-7-11(13-2)10-12-8-5-6-9-14-12/h5-6,8-9,11,13H,3-4,7,10H2,1-2H3. The molecule has 0 bridgehead atoms. The Morgan fingerprint density at radius 2 is 2.29 bits per heavy atom. The Morgan fingerprint density at radius 3 is 2.86 bits per heavy atom. The van der Waals surface area contributed by atoms with Crippen LogP contribution in [0.3, 0.4) is 0 Å². The molecule has 1 rings (SSSR count). The van der Waals surface area contributed by atoms with Gasteiger partial charge in [-0.1, -0.05) is 25.8 Å². The van der Waals surface area contributed by atoms with Crippen molar-refractivity contribution in [3.63, 3.8) is 0 Å². The molecule has 14 heavy (non-hydrogen) atoms. The van der Waals surface area contributed by atoms with Crippen molar-refractivity contribution in [3.05, 3.63) is 30.1 Å². The van der Waals surface area contributed by atoms with Crippen molar-refractivity contribution in [2.75, 3.05) is 7.05 Å². The van der Waals surface area contributed by atoms with E-state index in [0.717, 1.165) is 6.42 Å². The third-order valence-electron chi connectivity index (χ3n) is 2.50. The first-order valence-electron chi connectivity index (χ1n) is 5.44. The summed E-state index contributed by atoms with van der Waals surface area (Å²) >= 11 is 0. The van der Waals surface area contributed by atoms with Gasteiger partial charge in [0.15, 0.2) is 0 Å². The number of likely N-dealkylation sites (N-methyl/N-ethyl adjacent to an activating group) is 1. The van der Waals surface area contributed by atoms with Gasteiger partial charge in [0, 0.05) is 24.4 Å². The minimum atomic E-state index is 0.574. The Kier molecular flexibility index (Phi) is 5.23. The third-order valence-corrected chi connectivity index (χ3v) is 2.50. The lowest BCUT2D eigenvalue weighted by Crippen LogP contribution is -2.27. The molecule has 0 amide bonds. The fourth-order valence-corrected chi connectivity index (χ4v) is 1.57. The number of nitrogens with zero attached hydrogens (tertiary/aromatic N) is 1. The van der Waals surface area contributed by atoms with E-state index in [-0.39, 0.29) is 0 Å². The van der Waals surface area contributed by atoms with Gasteiger partial charge in [0.25, 0.3) is 0 Å². The molecule has 0 aliphatic heterocycles. The van der Waals surface area contributed by atoms with E-state index < -0.39 is 0 Å². The minimum absolute atomic E-state index is 0.574. The molecule has 2 nitrogen and oxygen atoms in total. The number of pyridine rings is 1. The Labute approximate surface area is 86.8 Å². The fraction of sp³-hybridized carbons (Fsp3) is 0.583. The molecule has 78 valence electrons. The third kappa shape index (κ3) is 3.88. The summed E-state index contributed by atoms with van der Waals surface area (Å²) < 4.78 is 0. The van der Waals surface area contributed by atoms with Gasteiger partial charge in [-0.2, -0.15) is 0 Å². The number of rotatable bonds is 6. The van der Waals surface area contributed by atoms with Crippen LogP contribution in [0.1, 0.15) is 31.9 Å². The van der Waals surface area contributed by atoms with Crippen LogP contribution in [0.15, 0.2) is 24.4 Å². The maximum Gasteiger partial charge on any atom is 0.0419 e. The minimum Gasteiger partial charge on any atom is -0.317 e. The summed E-state index contributed by atoms with van der Waals surface area (Å²) in [5, 5.41) is 3.35. The van der Waals surface area contributed by atoms with Crippen LogP contribution >= 0.6 is 0 Å². The van der Waals surface area contributed by atoms with E-state index in [1.165, 1.54) is 25.0 Å². The molecular formula is C12H20N2. The molecule has 1 N–H and O–H groups in total. The molecule has 0 saturated carbocycles. The number of aromatic nitrogens is 1. The SMILES string of the molecule is CCCCC(Cc1ccccn1)NC. The van der Waals surface area contributed by atoms with Crippen molar-refractivity contribution in [2.45, 2.75) is 38.6 Å². The maximum atomic E-state index is 4.33. The predicted molar refractivity (Wildman–Crippen MR) is 60.3 cm³/mol. The zero-order valence-corrected chi connectivity index (χ0v) is 9.16. The van der Waals surface area contributed by atoms with Gasteiger partial charge in [-0.3, -0.25) is 4.98 Å². The van der Waals surface area contributed by atoms with Crippen molar-refractivity contribution in [1.82, 2.24) is 10.3 Å². The highest BCUT2D eigenvalue weighted by atomic mass is 14.9. The normalized spacial score (nSPS) is 12.7. The second kappa shape index (κ2) is 6.55. The van der Waals surface area contributed by atoms with Crippen molar-refractivity contribution in [1.29, 1.82) is 0 Å². The number of hydrogen-bond donors (Lipinski definition) is 1. The molecule has 1 heterocycles. The average molecular weight is 192 g/mol. The van der Waals surface area contributed by atoms with Gasteiger partial charge in [-0.25, -0.2) is 0 Å². The van der Waals surface area contributed by atoms with E-state index in [0.29, 0.717) is 6.04 Å². The van der Waals surface area contributed by atoms with E-state index >= 15 is 0 Å². The Balaban J connectivity index is 2.40. The summed E-state index contributed by atoms with van der Waals surface area (Å²) in [5.41, 5.74) is 1.18. The molecule has 0 aliphatic rings. The smallest absolute Gasteiger partial charge is 0.0419 e. The molecule has 2 heteroatoms. The van der Waals surface area contributed by atoms with Crippen LogP contribution in [0.25, 0.3) is 0 Å². The maximum absolute atomic E-state index is 4.33. The lowest BCUT2D eigenvalue weighted by Gasteiger charge is -2.14. The molecule has 0 aromatic carbocycles. The molecule has 1 aromatic heterocycles. The van der Waals surface area contributed by atoms with Gasteiger partial charge in [-0.15, -0.1) is 0 Å². The quantitative estimate of drug-likeness (QED) is 0.748. The summed E-state index contributed by atoms with van der Waals surface area (Å²) in [7, 11) is 2.03. The summed E-state index contributed by atoms with van der Waals surface area (Å²) in [5.74, 6) is 0. The van der Waals surface area contributed by atoms with Crippen LogP contribution < -0.4 is 5.32 Å². The molecule has 0 aliphatic carbocycles. The Hall–Kier alpha value is -0.890. The van der Waals surface area contributed by atoms with E-state index in [1.807, 2.05) is 19.3 Å². The zero-order chi connectivity index (χ0) is 10.2. The highest BCUT2D eigenvalue weighted by molar-refractivity contribution is 5.05. The van der Waals surface area contributed by atoms with E-state index in [2.05, 4.69) is 29.4 Å². The van der Waals surface area contributed by atoms with Gasteiger partial charge >= 0.3 is 0 Å². The molecule has 0 spiro atoms. The lowest BCUT2D eigenvalue weighted by molar-refractivity contribution is 0.494. The molecule has 1 aromatic rings. The molecule has 1 atom stereocenters. The molecule has 0 radical (unpaired) electrons. The number of hydrogen-bond acceptors (Lipinski definition) is 2. The van der Waals surface area contributed by atoms with Crippen molar-refractivity contribution < 1.29 is 0 Å². The largest absolute Gasteiger partial charge is 0.317 e. The first-order valence-corrected chi connectivity index (χ1v) is 5.44.